The molecule has 0 aromatic heterocycles. The standard InChI is InChI=1S/C35H69NO5.BrH/c1-6-8-10-12-14-16-18-20-22-24-26-28-32(38)40-35(30-31-37,36-34(3,4)5)41-33(39)29-27-25-23-21-19-17-15-13-11-9-7-2;/h36-37H,6-31H2,1-5H3;1H. The number of hydrogen-bond acceptors (Lipinski definition) is 6. The molecule has 0 saturated heterocycles. The van der Waals surface area contributed by atoms with Gasteiger partial charge in [0.1, 0.15) is 0 Å². The molecule has 252 valence electrons. The third kappa shape index (κ3) is 28.1. The monoisotopic (exact) mass is 663 g/mol. The van der Waals surface area contributed by atoms with Crippen molar-refractivity contribution in [3.8, 4) is 0 Å². The van der Waals surface area contributed by atoms with Crippen LogP contribution in [0.5, 0.6) is 0 Å². The average Bonchev–Trinajstić information content (AvgIpc) is 2.89. The van der Waals surface area contributed by atoms with Crippen molar-refractivity contribution < 1.29 is 24.2 Å². The van der Waals surface area contributed by atoms with E-state index in [1.807, 2.05) is 20.8 Å². The van der Waals surface area contributed by atoms with E-state index in [1.165, 1.54) is 103 Å². The molecule has 0 heterocycles. The van der Waals surface area contributed by atoms with Crippen LogP contribution < -0.4 is 5.32 Å². The van der Waals surface area contributed by atoms with Gasteiger partial charge in [-0.05, 0) is 33.6 Å². The quantitative estimate of drug-likeness (QED) is 0.0470. The Morgan fingerprint density at radius 1 is 0.548 bits per heavy atom. The summed E-state index contributed by atoms with van der Waals surface area (Å²) in [6.45, 7) is 10.0. The Morgan fingerprint density at radius 2 is 0.833 bits per heavy atom. The van der Waals surface area contributed by atoms with Crippen LogP contribution in [0.2, 0.25) is 0 Å². The first kappa shape index (κ1) is 43.5. The van der Waals surface area contributed by atoms with Crippen molar-refractivity contribution in [2.45, 2.75) is 207 Å². The molecule has 2 N–H and O–H groups in total. The van der Waals surface area contributed by atoms with Crippen LogP contribution in [0.15, 0.2) is 0 Å². The molecule has 0 atom stereocenters. The number of aliphatic hydroxyl groups excluding tert-OH is 1. The molecule has 0 aliphatic heterocycles. The van der Waals surface area contributed by atoms with Crippen molar-refractivity contribution in [2.24, 2.45) is 0 Å². The number of nitrogens with one attached hydrogen (secondary N) is 1. The van der Waals surface area contributed by atoms with Crippen molar-refractivity contribution in [3.63, 3.8) is 0 Å². The third-order valence-electron chi connectivity index (χ3n) is 7.53. The van der Waals surface area contributed by atoms with E-state index in [0.717, 1.165) is 38.5 Å². The third-order valence-corrected chi connectivity index (χ3v) is 7.53. The first-order valence-corrected chi connectivity index (χ1v) is 17.5. The summed E-state index contributed by atoms with van der Waals surface area (Å²) in [5.41, 5.74) is -0.483. The minimum atomic E-state index is -1.64. The molecule has 0 bridgehead atoms. The molecule has 0 radical (unpaired) electrons. The van der Waals surface area contributed by atoms with E-state index in [2.05, 4.69) is 19.2 Å². The minimum Gasteiger partial charge on any atom is -0.408 e. The fourth-order valence-electron chi connectivity index (χ4n) is 5.29. The molecule has 0 spiro atoms. The van der Waals surface area contributed by atoms with Gasteiger partial charge < -0.3 is 14.6 Å². The second-order valence-electron chi connectivity index (χ2n) is 13.1. The maximum absolute atomic E-state index is 12.8. The zero-order chi connectivity index (χ0) is 30.7. The fourth-order valence-corrected chi connectivity index (χ4v) is 5.29. The van der Waals surface area contributed by atoms with Gasteiger partial charge in [0, 0.05) is 18.4 Å². The normalized spacial score (nSPS) is 11.8. The summed E-state index contributed by atoms with van der Waals surface area (Å²) in [6.07, 6.45) is 27.2. The van der Waals surface area contributed by atoms with Crippen LogP contribution in [0, 0.1) is 0 Å². The second kappa shape index (κ2) is 29.1. The van der Waals surface area contributed by atoms with Crippen molar-refractivity contribution in [1.29, 1.82) is 0 Å². The Bertz CT molecular complexity index is 583. The van der Waals surface area contributed by atoms with Gasteiger partial charge in [-0.15, -0.1) is 17.0 Å². The number of rotatable bonds is 29. The molecule has 0 aliphatic carbocycles. The van der Waals surface area contributed by atoms with Gasteiger partial charge in [0.2, 0.25) is 0 Å². The number of esters is 2. The van der Waals surface area contributed by atoms with Crippen molar-refractivity contribution >= 4 is 28.9 Å². The van der Waals surface area contributed by atoms with Gasteiger partial charge in [0.25, 0.3) is 0 Å². The molecule has 0 aromatic carbocycles. The first-order chi connectivity index (χ1) is 19.7. The molecule has 7 heteroatoms. The Morgan fingerprint density at radius 3 is 1.10 bits per heavy atom. The summed E-state index contributed by atoms with van der Waals surface area (Å²) in [5.74, 6) is -2.43. The van der Waals surface area contributed by atoms with Crippen LogP contribution in [-0.4, -0.2) is 35.1 Å². The van der Waals surface area contributed by atoms with Gasteiger partial charge in [0.15, 0.2) is 0 Å². The number of ether oxygens (including phenoxy) is 2. The van der Waals surface area contributed by atoms with E-state index >= 15 is 0 Å². The van der Waals surface area contributed by atoms with Gasteiger partial charge in [-0.2, -0.15) is 0 Å². The smallest absolute Gasteiger partial charge is 0.320 e. The minimum absolute atomic E-state index is 0. The summed E-state index contributed by atoms with van der Waals surface area (Å²) in [6, 6.07) is 0. The number of aliphatic hydroxyl groups is 1. The van der Waals surface area contributed by atoms with Gasteiger partial charge in [-0.3, -0.25) is 9.59 Å². The molecule has 0 saturated carbocycles. The zero-order valence-corrected chi connectivity index (χ0v) is 30.1. The molecule has 0 fully saturated rings. The largest absolute Gasteiger partial charge is 0.408 e. The highest BCUT2D eigenvalue weighted by Crippen LogP contribution is 2.23. The van der Waals surface area contributed by atoms with Crippen LogP contribution in [0.3, 0.4) is 0 Å². The maximum atomic E-state index is 12.8. The van der Waals surface area contributed by atoms with Gasteiger partial charge >= 0.3 is 17.8 Å². The zero-order valence-electron chi connectivity index (χ0n) is 28.4. The van der Waals surface area contributed by atoms with E-state index in [-0.39, 0.29) is 42.9 Å². The summed E-state index contributed by atoms with van der Waals surface area (Å²) in [4.78, 5) is 25.6. The molecule has 0 unspecified atom stereocenters. The van der Waals surface area contributed by atoms with E-state index < -0.39 is 23.4 Å². The molecular formula is C35H70BrNO5. The van der Waals surface area contributed by atoms with Crippen LogP contribution in [0.25, 0.3) is 0 Å². The number of carbonyl (C=O) groups excluding carboxylic acids is 2. The van der Waals surface area contributed by atoms with Gasteiger partial charge in [0.05, 0.1) is 13.0 Å². The Hall–Kier alpha value is -0.660. The number of hydrogen-bond donors (Lipinski definition) is 2. The molecular weight excluding hydrogens is 594 g/mol. The first-order valence-electron chi connectivity index (χ1n) is 17.5. The van der Waals surface area contributed by atoms with Crippen LogP contribution >= 0.6 is 17.0 Å². The van der Waals surface area contributed by atoms with E-state index in [1.54, 1.807) is 0 Å². The summed E-state index contributed by atoms with van der Waals surface area (Å²) >= 11 is 0. The van der Waals surface area contributed by atoms with Crippen molar-refractivity contribution in [1.82, 2.24) is 5.32 Å². The number of carbonyl (C=O) groups is 2. The second-order valence-corrected chi connectivity index (χ2v) is 13.1. The maximum Gasteiger partial charge on any atom is 0.320 e. The predicted octanol–water partition coefficient (Wildman–Crippen LogP) is 10.5. The SMILES string of the molecule is Br.CCCCCCCCCCCCCC(=O)OC(CCO)(NC(C)(C)C)OC(=O)CCCCCCCCCCCCC. The summed E-state index contributed by atoms with van der Waals surface area (Å²) < 4.78 is 11.5. The fraction of sp³-hybridized carbons (Fsp3) is 0.943. The molecule has 42 heavy (non-hydrogen) atoms. The van der Waals surface area contributed by atoms with Crippen molar-refractivity contribution in [2.75, 3.05) is 6.61 Å². The summed E-state index contributed by atoms with van der Waals surface area (Å²) in [7, 11) is 0. The lowest BCUT2D eigenvalue weighted by Crippen LogP contribution is -2.59. The van der Waals surface area contributed by atoms with E-state index in [4.69, 9.17) is 9.47 Å². The van der Waals surface area contributed by atoms with Crippen LogP contribution in [0.4, 0.5) is 0 Å². The number of halogens is 1. The molecule has 0 rings (SSSR count). The molecule has 0 amide bonds. The molecule has 6 nitrogen and oxygen atoms in total. The highest BCUT2D eigenvalue weighted by atomic mass is 79.9. The average molecular weight is 665 g/mol. The lowest BCUT2D eigenvalue weighted by Gasteiger charge is -2.38. The highest BCUT2D eigenvalue weighted by Gasteiger charge is 2.41. The van der Waals surface area contributed by atoms with Gasteiger partial charge in [-0.25, -0.2) is 5.32 Å². The molecule has 0 aliphatic rings. The predicted molar refractivity (Wildman–Crippen MR) is 182 cm³/mol. The highest BCUT2D eigenvalue weighted by molar-refractivity contribution is 8.93. The van der Waals surface area contributed by atoms with E-state index in [9.17, 15) is 14.7 Å². The molecule has 0 aromatic rings. The Kier molecular flexibility index (Phi) is 30.1. The van der Waals surface area contributed by atoms with E-state index in [0.29, 0.717) is 0 Å². The topological polar surface area (TPSA) is 84.9 Å². The van der Waals surface area contributed by atoms with Gasteiger partial charge in [-0.1, -0.05) is 142 Å². The Labute approximate surface area is 271 Å². The van der Waals surface area contributed by atoms with Crippen LogP contribution in [0.1, 0.15) is 195 Å². The lowest BCUT2D eigenvalue weighted by molar-refractivity contribution is -0.252. The summed E-state index contributed by atoms with van der Waals surface area (Å²) in [5, 5.41) is 12.9. The van der Waals surface area contributed by atoms with Crippen molar-refractivity contribution in [3.05, 3.63) is 0 Å². The Balaban J connectivity index is 0. The lowest BCUT2D eigenvalue weighted by atomic mass is 10.1. The number of unbranched alkanes of at least 4 members (excludes halogenated alkanes) is 20. The van der Waals surface area contributed by atoms with Crippen LogP contribution in [-0.2, 0) is 19.1 Å².